The lowest BCUT2D eigenvalue weighted by atomic mass is 10.2. The molecule has 2 rings (SSSR count). The third-order valence-corrected chi connectivity index (χ3v) is 3.00. The van der Waals surface area contributed by atoms with Crippen molar-refractivity contribution in [3.63, 3.8) is 0 Å². The monoisotopic (exact) mass is 243 g/mol. The number of nitrogens with one attached hydrogen (secondary N) is 1. The zero-order chi connectivity index (χ0) is 13.1. The van der Waals surface area contributed by atoms with Gasteiger partial charge >= 0.3 is 0 Å². The van der Waals surface area contributed by atoms with E-state index in [2.05, 4.69) is 25.2 Å². The van der Waals surface area contributed by atoms with Crippen LogP contribution in [0.2, 0.25) is 0 Å². The van der Waals surface area contributed by atoms with Crippen LogP contribution in [-0.2, 0) is 4.79 Å². The summed E-state index contributed by atoms with van der Waals surface area (Å²) in [6, 6.07) is 9.81. The van der Waals surface area contributed by atoms with E-state index in [-0.39, 0.29) is 11.9 Å². The molecule has 0 aliphatic carbocycles. The molecule has 1 aliphatic rings. The number of rotatable bonds is 3. The number of nitriles is 1. The number of amides is 1. The number of anilines is 1. The molecule has 1 fully saturated rings. The Morgan fingerprint density at radius 3 is 2.61 bits per heavy atom. The molecule has 4 nitrogen and oxygen atoms in total. The van der Waals surface area contributed by atoms with E-state index in [4.69, 9.17) is 5.26 Å². The van der Waals surface area contributed by atoms with E-state index in [1.54, 1.807) is 17.0 Å². The normalized spacial score (nSPS) is 19.3. The molecule has 1 saturated heterocycles. The minimum Gasteiger partial charge on any atom is -0.311 e. The summed E-state index contributed by atoms with van der Waals surface area (Å²) in [7, 11) is 0. The third kappa shape index (κ3) is 2.69. The highest BCUT2D eigenvalue weighted by Gasteiger charge is 2.30. The van der Waals surface area contributed by atoms with Crippen molar-refractivity contribution >= 4 is 11.6 Å². The molecule has 1 aromatic carbocycles. The van der Waals surface area contributed by atoms with Crippen molar-refractivity contribution in [2.24, 2.45) is 0 Å². The maximum Gasteiger partial charge on any atom is 0.228 e. The van der Waals surface area contributed by atoms with Crippen molar-refractivity contribution in [2.45, 2.75) is 32.4 Å². The van der Waals surface area contributed by atoms with Crippen molar-refractivity contribution in [2.75, 3.05) is 11.4 Å². The number of carbonyl (C=O) groups excluding carboxylic acids is 1. The molecule has 18 heavy (non-hydrogen) atoms. The lowest BCUT2D eigenvalue weighted by Crippen LogP contribution is -2.37. The smallest absolute Gasteiger partial charge is 0.228 e. The zero-order valence-corrected chi connectivity index (χ0v) is 10.7. The molecule has 1 N–H and O–H groups in total. The van der Waals surface area contributed by atoms with Gasteiger partial charge in [-0.15, -0.1) is 0 Å². The summed E-state index contributed by atoms with van der Waals surface area (Å²) in [4.78, 5) is 13.7. The van der Waals surface area contributed by atoms with Crippen LogP contribution in [0.25, 0.3) is 0 Å². The Bertz CT molecular complexity index is 473. The average Bonchev–Trinajstić information content (AvgIpc) is 2.69. The van der Waals surface area contributed by atoms with Gasteiger partial charge in [0.1, 0.15) is 0 Å². The first kappa shape index (κ1) is 12.6. The predicted octanol–water partition coefficient (Wildman–Crippen LogP) is 1.66. The van der Waals surface area contributed by atoms with E-state index >= 15 is 0 Å². The largest absolute Gasteiger partial charge is 0.311 e. The summed E-state index contributed by atoms with van der Waals surface area (Å²) < 4.78 is 0. The third-order valence-electron chi connectivity index (χ3n) is 3.00. The Labute approximate surface area is 107 Å². The first-order valence-corrected chi connectivity index (χ1v) is 6.16. The van der Waals surface area contributed by atoms with Gasteiger partial charge in [-0.25, -0.2) is 0 Å². The van der Waals surface area contributed by atoms with Crippen LogP contribution in [0.4, 0.5) is 5.69 Å². The van der Waals surface area contributed by atoms with E-state index in [1.807, 2.05) is 12.1 Å². The molecule has 0 saturated carbocycles. The van der Waals surface area contributed by atoms with Crippen molar-refractivity contribution in [1.82, 2.24) is 5.32 Å². The summed E-state index contributed by atoms with van der Waals surface area (Å²) in [5, 5.41) is 12.1. The second-order valence-electron chi connectivity index (χ2n) is 4.89. The van der Waals surface area contributed by atoms with Crippen molar-refractivity contribution in [1.29, 1.82) is 5.26 Å². The van der Waals surface area contributed by atoms with Crippen LogP contribution in [0.1, 0.15) is 25.8 Å². The van der Waals surface area contributed by atoms with E-state index < -0.39 is 0 Å². The SMILES string of the molecule is CC(C)NC1CC(=O)N(c2ccc(C#N)cc2)C1. The predicted molar refractivity (Wildman–Crippen MR) is 70.2 cm³/mol. The Kier molecular flexibility index (Phi) is 3.63. The molecule has 1 aromatic rings. The van der Waals surface area contributed by atoms with Crippen LogP contribution in [-0.4, -0.2) is 24.5 Å². The average molecular weight is 243 g/mol. The van der Waals surface area contributed by atoms with E-state index in [0.717, 1.165) is 5.69 Å². The van der Waals surface area contributed by atoms with Crippen LogP contribution in [0.5, 0.6) is 0 Å². The minimum atomic E-state index is 0.137. The fraction of sp³-hybridized carbons (Fsp3) is 0.429. The summed E-state index contributed by atoms with van der Waals surface area (Å²) in [6.07, 6.45) is 0.540. The van der Waals surface area contributed by atoms with E-state index in [9.17, 15) is 4.79 Å². The van der Waals surface area contributed by atoms with Gasteiger partial charge in [0.15, 0.2) is 0 Å². The molecular formula is C14H17N3O. The second-order valence-corrected chi connectivity index (χ2v) is 4.89. The van der Waals surface area contributed by atoms with Gasteiger partial charge < -0.3 is 10.2 Å². The Morgan fingerprint density at radius 1 is 1.39 bits per heavy atom. The van der Waals surface area contributed by atoms with Gasteiger partial charge in [-0.2, -0.15) is 5.26 Å². The van der Waals surface area contributed by atoms with Gasteiger partial charge in [0.2, 0.25) is 5.91 Å². The number of carbonyl (C=O) groups is 1. The van der Waals surface area contributed by atoms with Gasteiger partial charge in [-0.1, -0.05) is 13.8 Å². The number of hydrogen-bond donors (Lipinski definition) is 1. The summed E-state index contributed by atoms with van der Waals surface area (Å²) in [5.41, 5.74) is 1.48. The van der Waals surface area contributed by atoms with E-state index in [1.165, 1.54) is 0 Å². The molecule has 0 aromatic heterocycles. The lowest BCUT2D eigenvalue weighted by Gasteiger charge is -2.18. The fourth-order valence-corrected chi connectivity index (χ4v) is 2.26. The highest BCUT2D eigenvalue weighted by molar-refractivity contribution is 5.96. The lowest BCUT2D eigenvalue weighted by molar-refractivity contribution is -0.117. The number of hydrogen-bond acceptors (Lipinski definition) is 3. The number of nitrogens with zero attached hydrogens (tertiary/aromatic N) is 2. The topological polar surface area (TPSA) is 56.1 Å². The van der Waals surface area contributed by atoms with Gasteiger partial charge in [-0.3, -0.25) is 4.79 Å². The molecule has 0 spiro atoms. The molecule has 1 unspecified atom stereocenters. The summed E-state index contributed by atoms with van der Waals surface area (Å²) in [5.74, 6) is 0.137. The van der Waals surface area contributed by atoms with Crippen LogP contribution in [0.15, 0.2) is 24.3 Å². The molecule has 94 valence electrons. The highest BCUT2D eigenvalue weighted by Crippen LogP contribution is 2.22. The molecule has 1 aliphatic heterocycles. The van der Waals surface area contributed by atoms with Crippen LogP contribution < -0.4 is 10.2 Å². The Hall–Kier alpha value is -1.86. The first-order chi connectivity index (χ1) is 8.60. The van der Waals surface area contributed by atoms with Gasteiger partial charge in [0, 0.05) is 30.7 Å². The molecule has 1 heterocycles. The molecule has 1 atom stereocenters. The maximum absolute atomic E-state index is 11.9. The Morgan fingerprint density at radius 2 is 2.06 bits per heavy atom. The van der Waals surface area contributed by atoms with Crippen molar-refractivity contribution in [3.05, 3.63) is 29.8 Å². The van der Waals surface area contributed by atoms with Crippen LogP contribution >= 0.6 is 0 Å². The van der Waals surface area contributed by atoms with E-state index in [0.29, 0.717) is 24.6 Å². The van der Waals surface area contributed by atoms with Gasteiger partial charge in [0.05, 0.1) is 11.6 Å². The maximum atomic E-state index is 11.9. The molecule has 0 bridgehead atoms. The van der Waals surface area contributed by atoms with Gasteiger partial charge in [-0.05, 0) is 24.3 Å². The first-order valence-electron chi connectivity index (χ1n) is 6.16. The number of benzene rings is 1. The summed E-state index contributed by atoms with van der Waals surface area (Å²) in [6.45, 7) is 4.85. The summed E-state index contributed by atoms with van der Waals surface area (Å²) >= 11 is 0. The highest BCUT2D eigenvalue weighted by atomic mass is 16.2. The Balaban J connectivity index is 2.09. The minimum absolute atomic E-state index is 0.137. The molecule has 0 radical (unpaired) electrons. The fourth-order valence-electron chi connectivity index (χ4n) is 2.26. The van der Waals surface area contributed by atoms with Crippen LogP contribution in [0.3, 0.4) is 0 Å². The molecule has 1 amide bonds. The standard InChI is InChI=1S/C14H17N3O/c1-10(2)16-12-7-14(18)17(9-12)13-5-3-11(8-15)4-6-13/h3-6,10,12,16H,7,9H2,1-2H3. The van der Waals surface area contributed by atoms with Crippen LogP contribution in [0, 0.1) is 11.3 Å². The quantitative estimate of drug-likeness (QED) is 0.878. The zero-order valence-electron chi connectivity index (χ0n) is 10.7. The second kappa shape index (κ2) is 5.19. The van der Waals surface area contributed by atoms with Crippen molar-refractivity contribution < 1.29 is 4.79 Å². The molecular weight excluding hydrogens is 226 g/mol. The molecule has 4 heteroatoms. The van der Waals surface area contributed by atoms with Crippen molar-refractivity contribution in [3.8, 4) is 6.07 Å². The van der Waals surface area contributed by atoms with Gasteiger partial charge in [0.25, 0.3) is 0 Å².